The Hall–Kier alpha value is -1.02. The number of hydrogen-bond donors (Lipinski definition) is 1. The van der Waals surface area contributed by atoms with E-state index in [0.29, 0.717) is 5.92 Å². The van der Waals surface area contributed by atoms with Crippen molar-refractivity contribution in [2.45, 2.75) is 19.8 Å². The van der Waals surface area contributed by atoms with E-state index in [9.17, 15) is 4.79 Å². The highest BCUT2D eigenvalue weighted by atomic mass is 35.5. The smallest absolute Gasteiger partial charge is 0.239 e. The molecule has 0 aliphatic heterocycles. The largest absolute Gasteiger partial charge is 0.325 e. The Morgan fingerprint density at radius 2 is 1.93 bits per heavy atom. The van der Waals surface area contributed by atoms with E-state index in [1.807, 2.05) is 24.3 Å². The summed E-state index contributed by atoms with van der Waals surface area (Å²) in [5.41, 5.74) is 2.05. The highest BCUT2D eigenvalue weighted by Crippen LogP contribution is 2.16. The molecule has 0 aliphatic rings. The lowest BCUT2D eigenvalue weighted by Crippen LogP contribution is -2.12. The molecule has 0 saturated heterocycles. The third-order valence-corrected chi connectivity index (χ3v) is 2.23. The number of carbonyl (C=O) groups is 1. The van der Waals surface area contributed by atoms with Crippen LogP contribution in [0.1, 0.15) is 25.3 Å². The number of rotatable bonds is 3. The lowest BCUT2D eigenvalue weighted by atomic mass is 10.0. The van der Waals surface area contributed by atoms with Crippen molar-refractivity contribution in [3.8, 4) is 0 Å². The van der Waals surface area contributed by atoms with Crippen molar-refractivity contribution in [2.75, 3.05) is 11.2 Å². The number of carbonyl (C=O) groups excluding carboxylic acids is 1. The van der Waals surface area contributed by atoms with E-state index in [0.717, 1.165) is 5.69 Å². The fourth-order valence-electron chi connectivity index (χ4n) is 1.15. The van der Waals surface area contributed by atoms with Crippen LogP contribution in [0, 0.1) is 0 Å². The molecule has 0 fully saturated rings. The lowest BCUT2D eigenvalue weighted by molar-refractivity contribution is -0.113. The highest BCUT2D eigenvalue weighted by Gasteiger charge is 2.01. The minimum Gasteiger partial charge on any atom is -0.325 e. The Kier molecular flexibility index (Phi) is 3.96. The van der Waals surface area contributed by atoms with E-state index in [1.54, 1.807) is 0 Å². The maximum absolute atomic E-state index is 11.0. The standard InChI is InChI=1S/C11H14ClNO/c1-8(2)9-3-5-10(6-4-9)13-11(14)7-12/h3-6,8H,7H2,1-2H3,(H,13,14). The second kappa shape index (κ2) is 5.01. The Morgan fingerprint density at radius 1 is 1.36 bits per heavy atom. The molecule has 1 aromatic carbocycles. The van der Waals surface area contributed by atoms with Crippen LogP contribution in [0.2, 0.25) is 0 Å². The maximum atomic E-state index is 11.0. The van der Waals surface area contributed by atoms with Crippen molar-refractivity contribution in [1.29, 1.82) is 0 Å². The SMILES string of the molecule is CC(C)c1ccc(NC(=O)CCl)cc1. The molecule has 1 N–H and O–H groups in total. The molecule has 0 aromatic heterocycles. The summed E-state index contributed by atoms with van der Waals surface area (Å²) >= 11 is 5.37. The zero-order chi connectivity index (χ0) is 10.6. The van der Waals surface area contributed by atoms with Gasteiger partial charge >= 0.3 is 0 Å². The monoisotopic (exact) mass is 211 g/mol. The zero-order valence-corrected chi connectivity index (χ0v) is 9.14. The molecule has 14 heavy (non-hydrogen) atoms. The van der Waals surface area contributed by atoms with E-state index in [2.05, 4.69) is 19.2 Å². The van der Waals surface area contributed by atoms with Crippen molar-refractivity contribution >= 4 is 23.2 Å². The summed E-state index contributed by atoms with van der Waals surface area (Å²) in [5.74, 6) is 0.322. The van der Waals surface area contributed by atoms with Crippen LogP contribution in [0.4, 0.5) is 5.69 Å². The van der Waals surface area contributed by atoms with Crippen LogP contribution in [-0.4, -0.2) is 11.8 Å². The summed E-state index contributed by atoms with van der Waals surface area (Å²) in [7, 11) is 0. The van der Waals surface area contributed by atoms with Crippen LogP contribution in [0.5, 0.6) is 0 Å². The summed E-state index contributed by atoms with van der Waals surface area (Å²) < 4.78 is 0. The summed E-state index contributed by atoms with van der Waals surface area (Å²) in [4.78, 5) is 11.0. The van der Waals surface area contributed by atoms with E-state index in [4.69, 9.17) is 11.6 Å². The van der Waals surface area contributed by atoms with Crippen molar-refractivity contribution < 1.29 is 4.79 Å². The van der Waals surface area contributed by atoms with Crippen LogP contribution in [0.15, 0.2) is 24.3 Å². The van der Waals surface area contributed by atoms with Gasteiger partial charge in [0, 0.05) is 5.69 Å². The molecule has 0 bridgehead atoms. The summed E-state index contributed by atoms with van der Waals surface area (Å²) in [6, 6.07) is 7.79. The molecular formula is C11H14ClNO. The van der Waals surface area contributed by atoms with Gasteiger partial charge in [-0.2, -0.15) is 0 Å². The molecular weight excluding hydrogens is 198 g/mol. The Bertz CT molecular complexity index is 306. The fourth-order valence-corrected chi connectivity index (χ4v) is 1.21. The van der Waals surface area contributed by atoms with Gasteiger partial charge in [-0.3, -0.25) is 4.79 Å². The molecule has 2 nitrogen and oxygen atoms in total. The van der Waals surface area contributed by atoms with Gasteiger partial charge in [0.25, 0.3) is 0 Å². The fraction of sp³-hybridized carbons (Fsp3) is 0.364. The molecule has 76 valence electrons. The van der Waals surface area contributed by atoms with Crippen LogP contribution in [0.25, 0.3) is 0 Å². The quantitative estimate of drug-likeness (QED) is 0.766. The minimum absolute atomic E-state index is 0.00800. The van der Waals surface area contributed by atoms with Gasteiger partial charge in [-0.05, 0) is 23.6 Å². The van der Waals surface area contributed by atoms with E-state index < -0.39 is 0 Å². The predicted molar refractivity (Wildman–Crippen MR) is 59.9 cm³/mol. The molecule has 1 amide bonds. The highest BCUT2D eigenvalue weighted by molar-refractivity contribution is 6.29. The molecule has 0 spiro atoms. The molecule has 0 heterocycles. The normalized spacial score (nSPS) is 10.3. The number of anilines is 1. The molecule has 0 radical (unpaired) electrons. The van der Waals surface area contributed by atoms with Gasteiger partial charge in [-0.15, -0.1) is 11.6 Å². The van der Waals surface area contributed by atoms with Crippen LogP contribution in [-0.2, 0) is 4.79 Å². The Labute approximate surface area is 89.3 Å². The summed E-state index contributed by atoms with van der Waals surface area (Å²) in [6.07, 6.45) is 0. The number of alkyl halides is 1. The first-order valence-electron chi connectivity index (χ1n) is 4.59. The third kappa shape index (κ3) is 3.04. The van der Waals surface area contributed by atoms with Gasteiger partial charge in [0.2, 0.25) is 5.91 Å². The van der Waals surface area contributed by atoms with Crippen LogP contribution in [0.3, 0.4) is 0 Å². The van der Waals surface area contributed by atoms with Gasteiger partial charge < -0.3 is 5.32 Å². The van der Waals surface area contributed by atoms with Crippen molar-refractivity contribution in [3.05, 3.63) is 29.8 Å². The summed E-state index contributed by atoms with van der Waals surface area (Å²) in [5, 5.41) is 2.69. The predicted octanol–water partition coefficient (Wildman–Crippen LogP) is 2.99. The third-order valence-electron chi connectivity index (χ3n) is 1.98. The first-order chi connectivity index (χ1) is 6.63. The van der Waals surface area contributed by atoms with Gasteiger partial charge in [0.15, 0.2) is 0 Å². The Balaban J connectivity index is 2.69. The number of halogens is 1. The molecule has 1 rings (SSSR count). The molecule has 0 saturated carbocycles. The Morgan fingerprint density at radius 3 is 2.36 bits per heavy atom. The molecule has 3 heteroatoms. The number of hydrogen-bond acceptors (Lipinski definition) is 1. The molecule has 0 aliphatic carbocycles. The zero-order valence-electron chi connectivity index (χ0n) is 8.38. The number of amides is 1. The first kappa shape index (κ1) is 11.1. The minimum atomic E-state index is -0.177. The second-order valence-electron chi connectivity index (χ2n) is 3.46. The van der Waals surface area contributed by atoms with Gasteiger partial charge in [-0.1, -0.05) is 26.0 Å². The van der Waals surface area contributed by atoms with Gasteiger partial charge in [0.1, 0.15) is 5.88 Å². The molecule has 1 aromatic rings. The molecule has 0 atom stereocenters. The lowest BCUT2D eigenvalue weighted by Gasteiger charge is -2.07. The van der Waals surface area contributed by atoms with Gasteiger partial charge in [0.05, 0.1) is 0 Å². The van der Waals surface area contributed by atoms with Gasteiger partial charge in [-0.25, -0.2) is 0 Å². The average molecular weight is 212 g/mol. The van der Waals surface area contributed by atoms with Crippen molar-refractivity contribution in [2.24, 2.45) is 0 Å². The molecule has 0 unspecified atom stereocenters. The average Bonchev–Trinajstić information content (AvgIpc) is 2.18. The van der Waals surface area contributed by atoms with Crippen LogP contribution >= 0.6 is 11.6 Å². The van der Waals surface area contributed by atoms with Crippen molar-refractivity contribution in [3.63, 3.8) is 0 Å². The van der Waals surface area contributed by atoms with Crippen molar-refractivity contribution in [1.82, 2.24) is 0 Å². The first-order valence-corrected chi connectivity index (χ1v) is 5.12. The van der Waals surface area contributed by atoms with Crippen LogP contribution < -0.4 is 5.32 Å². The van der Waals surface area contributed by atoms with E-state index in [1.165, 1.54) is 5.56 Å². The number of benzene rings is 1. The maximum Gasteiger partial charge on any atom is 0.239 e. The van der Waals surface area contributed by atoms with E-state index in [-0.39, 0.29) is 11.8 Å². The topological polar surface area (TPSA) is 29.1 Å². The second-order valence-corrected chi connectivity index (χ2v) is 3.73. The number of nitrogens with one attached hydrogen (secondary N) is 1. The summed E-state index contributed by atoms with van der Waals surface area (Å²) in [6.45, 7) is 4.26. The van der Waals surface area contributed by atoms with E-state index >= 15 is 0 Å².